The third kappa shape index (κ3) is 2.75. The van der Waals surface area contributed by atoms with E-state index in [4.69, 9.17) is 0 Å². The van der Waals surface area contributed by atoms with Gasteiger partial charge in [0.05, 0.1) is 17.6 Å². The van der Waals surface area contributed by atoms with Gasteiger partial charge in [-0.25, -0.2) is 4.98 Å². The Bertz CT molecular complexity index is 586. The van der Waals surface area contributed by atoms with Gasteiger partial charge in [-0.1, -0.05) is 6.58 Å². The van der Waals surface area contributed by atoms with Crippen molar-refractivity contribution in [3.8, 4) is 0 Å². The molecule has 0 radical (unpaired) electrons. The monoisotopic (exact) mass is 244 g/mol. The highest BCUT2D eigenvalue weighted by molar-refractivity contribution is 5.99. The fourth-order valence-corrected chi connectivity index (χ4v) is 1.71. The van der Waals surface area contributed by atoms with E-state index >= 15 is 0 Å². The molecule has 0 saturated carbocycles. The second-order valence-corrected chi connectivity index (χ2v) is 4.35. The van der Waals surface area contributed by atoms with Crippen LogP contribution in [0.5, 0.6) is 0 Å². The number of hydrogen-bond acceptors (Lipinski definition) is 3. The van der Waals surface area contributed by atoms with E-state index in [2.05, 4.69) is 21.9 Å². The second kappa shape index (κ2) is 5.01. The number of nitrogens with zero attached hydrogens (tertiary/aromatic N) is 2. The number of amides is 1. The third-order valence-corrected chi connectivity index (χ3v) is 2.45. The predicted molar refractivity (Wildman–Crippen MR) is 72.3 cm³/mol. The highest BCUT2D eigenvalue weighted by Gasteiger charge is 2.05. The normalized spacial score (nSPS) is 10.8. The summed E-state index contributed by atoms with van der Waals surface area (Å²) >= 11 is 0. The first-order valence-electron chi connectivity index (χ1n) is 5.65. The van der Waals surface area contributed by atoms with Crippen molar-refractivity contribution in [2.45, 2.75) is 6.54 Å². The molecule has 0 aliphatic heterocycles. The number of fused-ring (bicyclic) bond motifs is 1. The average molecular weight is 244 g/mol. The highest BCUT2D eigenvalue weighted by atomic mass is 16.1. The van der Waals surface area contributed by atoms with Crippen molar-refractivity contribution < 1.29 is 4.79 Å². The minimum absolute atomic E-state index is 0.220. The number of anilines is 1. The molecule has 1 amide bonds. The lowest BCUT2D eigenvalue weighted by Gasteiger charge is -2.05. The molecular weight excluding hydrogens is 228 g/mol. The number of carbonyl (C=O) groups excluding carboxylic acids is 1. The van der Waals surface area contributed by atoms with Gasteiger partial charge in [-0.15, -0.1) is 0 Å². The first-order valence-corrected chi connectivity index (χ1v) is 5.65. The number of imidazole rings is 1. The van der Waals surface area contributed by atoms with Gasteiger partial charge in [0.25, 0.3) is 0 Å². The minimum Gasteiger partial charge on any atom is -0.341 e. The molecule has 2 N–H and O–H groups in total. The lowest BCUT2D eigenvalue weighted by Crippen LogP contribution is -2.11. The summed E-state index contributed by atoms with van der Waals surface area (Å²) in [5.74, 6) is 0.685. The molecule has 2 aromatic rings. The SMILES string of the molecule is C=CC(=O)Nc1ccc2nc(CN(C)C)[nH]c2c1. The lowest BCUT2D eigenvalue weighted by molar-refractivity contribution is -0.111. The molecule has 0 bridgehead atoms. The van der Waals surface area contributed by atoms with Crippen LogP contribution in [-0.4, -0.2) is 34.9 Å². The Morgan fingerprint density at radius 3 is 3.00 bits per heavy atom. The topological polar surface area (TPSA) is 61.0 Å². The zero-order valence-electron chi connectivity index (χ0n) is 10.5. The van der Waals surface area contributed by atoms with Crippen LogP contribution >= 0.6 is 0 Å². The van der Waals surface area contributed by atoms with Crippen LogP contribution in [0.3, 0.4) is 0 Å². The van der Waals surface area contributed by atoms with Crippen molar-refractivity contribution in [3.05, 3.63) is 36.7 Å². The molecule has 18 heavy (non-hydrogen) atoms. The quantitative estimate of drug-likeness (QED) is 0.805. The number of carbonyl (C=O) groups is 1. The standard InChI is InChI=1S/C13H16N4O/c1-4-13(18)14-9-5-6-10-11(7-9)16-12(15-10)8-17(2)3/h4-7H,1,8H2,2-3H3,(H,14,18)(H,15,16). The van der Waals surface area contributed by atoms with Crippen LogP contribution in [0, 0.1) is 0 Å². The van der Waals surface area contributed by atoms with Crippen molar-refractivity contribution in [3.63, 3.8) is 0 Å². The molecule has 0 aliphatic carbocycles. The van der Waals surface area contributed by atoms with Gasteiger partial charge in [-0.05, 0) is 38.4 Å². The van der Waals surface area contributed by atoms with Gasteiger partial charge < -0.3 is 15.2 Å². The molecule has 0 saturated heterocycles. The van der Waals surface area contributed by atoms with E-state index in [9.17, 15) is 4.79 Å². The summed E-state index contributed by atoms with van der Waals surface area (Å²) in [5, 5.41) is 2.72. The van der Waals surface area contributed by atoms with Gasteiger partial charge in [-0.3, -0.25) is 4.79 Å². The Morgan fingerprint density at radius 1 is 1.56 bits per heavy atom. The maximum absolute atomic E-state index is 11.2. The average Bonchev–Trinajstić information content (AvgIpc) is 2.69. The smallest absolute Gasteiger partial charge is 0.247 e. The Labute approximate surface area is 106 Å². The molecule has 1 aromatic carbocycles. The summed E-state index contributed by atoms with van der Waals surface area (Å²) < 4.78 is 0. The van der Waals surface area contributed by atoms with Crippen LogP contribution in [0.2, 0.25) is 0 Å². The van der Waals surface area contributed by atoms with Gasteiger partial charge >= 0.3 is 0 Å². The zero-order chi connectivity index (χ0) is 13.1. The van der Waals surface area contributed by atoms with Crippen LogP contribution in [0.15, 0.2) is 30.9 Å². The van der Waals surface area contributed by atoms with Crippen LogP contribution in [0.4, 0.5) is 5.69 Å². The predicted octanol–water partition coefficient (Wildman–Crippen LogP) is 1.75. The summed E-state index contributed by atoms with van der Waals surface area (Å²) in [6.07, 6.45) is 1.24. The largest absolute Gasteiger partial charge is 0.341 e. The molecule has 1 aromatic heterocycles. The molecule has 1 heterocycles. The van der Waals surface area contributed by atoms with Gasteiger partial charge in [0.2, 0.25) is 5.91 Å². The van der Waals surface area contributed by atoms with Crippen LogP contribution < -0.4 is 5.32 Å². The number of rotatable bonds is 4. The molecule has 0 atom stereocenters. The molecule has 94 valence electrons. The van der Waals surface area contributed by atoms with E-state index in [1.165, 1.54) is 6.08 Å². The first-order chi connectivity index (χ1) is 8.58. The summed E-state index contributed by atoms with van der Waals surface area (Å²) in [7, 11) is 3.98. The zero-order valence-corrected chi connectivity index (χ0v) is 10.5. The van der Waals surface area contributed by atoms with Crippen molar-refractivity contribution in [1.82, 2.24) is 14.9 Å². The van der Waals surface area contributed by atoms with E-state index in [1.807, 2.05) is 37.2 Å². The minimum atomic E-state index is -0.220. The third-order valence-electron chi connectivity index (χ3n) is 2.45. The van der Waals surface area contributed by atoms with Crippen molar-refractivity contribution in [1.29, 1.82) is 0 Å². The Kier molecular flexibility index (Phi) is 3.43. The second-order valence-electron chi connectivity index (χ2n) is 4.35. The highest BCUT2D eigenvalue weighted by Crippen LogP contribution is 2.17. The van der Waals surface area contributed by atoms with Crippen LogP contribution in [-0.2, 0) is 11.3 Å². The lowest BCUT2D eigenvalue weighted by atomic mass is 10.3. The number of nitrogens with one attached hydrogen (secondary N) is 2. The van der Waals surface area contributed by atoms with E-state index in [0.29, 0.717) is 0 Å². The molecule has 5 heteroatoms. The number of aromatic amines is 1. The maximum atomic E-state index is 11.2. The molecule has 0 fully saturated rings. The van der Waals surface area contributed by atoms with E-state index in [1.54, 1.807) is 0 Å². The first kappa shape index (κ1) is 12.3. The molecule has 0 unspecified atom stereocenters. The van der Waals surface area contributed by atoms with E-state index in [-0.39, 0.29) is 5.91 Å². The van der Waals surface area contributed by atoms with Gasteiger partial charge in [0.15, 0.2) is 0 Å². The van der Waals surface area contributed by atoms with Gasteiger partial charge in [-0.2, -0.15) is 0 Å². The molecule has 0 spiro atoms. The van der Waals surface area contributed by atoms with E-state index < -0.39 is 0 Å². The Hall–Kier alpha value is -2.14. The van der Waals surface area contributed by atoms with Crippen LogP contribution in [0.1, 0.15) is 5.82 Å². The van der Waals surface area contributed by atoms with Gasteiger partial charge in [0, 0.05) is 5.69 Å². The fraction of sp³-hybridized carbons (Fsp3) is 0.231. The van der Waals surface area contributed by atoms with Gasteiger partial charge in [0.1, 0.15) is 5.82 Å². The summed E-state index contributed by atoms with van der Waals surface area (Å²) in [6, 6.07) is 5.57. The maximum Gasteiger partial charge on any atom is 0.247 e. The Balaban J connectivity index is 2.27. The molecule has 5 nitrogen and oxygen atoms in total. The molecule has 2 rings (SSSR count). The number of hydrogen-bond donors (Lipinski definition) is 2. The number of benzene rings is 1. The number of aromatic nitrogens is 2. The summed E-state index contributed by atoms with van der Waals surface area (Å²) in [5.41, 5.74) is 2.53. The molecule has 0 aliphatic rings. The van der Waals surface area contributed by atoms with Crippen LogP contribution in [0.25, 0.3) is 11.0 Å². The van der Waals surface area contributed by atoms with E-state index in [0.717, 1.165) is 29.1 Å². The fourth-order valence-electron chi connectivity index (χ4n) is 1.71. The van der Waals surface area contributed by atoms with Crippen molar-refractivity contribution >= 4 is 22.6 Å². The Morgan fingerprint density at radius 2 is 2.33 bits per heavy atom. The number of H-pyrrole nitrogens is 1. The van der Waals surface area contributed by atoms with Crippen molar-refractivity contribution in [2.24, 2.45) is 0 Å². The molecular formula is C13H16N4O. The van der Waals surface area contributed by atoms with Crippen molar-refractivity contribution in [2.75, 3.05) is 19.4 Å². The summed E-state index contributed by atoms with van der Waals surface area (Å²) in [6.45, 7) is 4.17. The summed E-state index contributed by atoms with van der Waals surface area (Å²) in [4.78, 5) is 20.9.